The summed E-state index contributed by atoms with van der Waals surface area (Å²) in [5.74, 6) is -0.158. The molecule has 1 aliphatic heterocycles. The summed E-state index contributed by atoms with van der Waals surface area (Å²) in [6.45, 7) is 4.99. The second kappa shape index (κ2) is 10.1. The lowest BCUT2D eigenvalue weighted by molar-refractivity contribution is -0.115. The molecule has 0 unspecified atom stereocenters. The molecule has 4 rings (SSSR count). The Morgan fingerprint density at radius 2 is 1.97 bits per heavy atom. The second-order valence-electron chi connectivity index (χ2n) is 8.26. The van der Waals surface area contributed by atoms with E-state index < -0.39 is 10.0 Å². The number of aromatic nitrogens is 1. The van der Waals surface area contributed by atoms with Gasteiger partial charge in [-0.25, -0.2) is 13.4 Å². The van der Waals surface area contributed by atoms with Gasteiger partial charge in [0.05, 0.1) is 32.3 Å². The van der Waals surface area contributed by atoms with Crippen LogP contribution in [0.5, 0.6) is 0 Å². The summed E-state index contributed by atoms with van der Waals surface area (Å²) in [7, 11) is -3.50. The summed E-state index contributed by atoms with van der Waals surface area (Å²) in [5.41, 5.74) is 2.66. The van der Waals surface area contributed by atoms with E-state index in [0.29, 0.717) is 41.3 Å². The summed E-state index contributed by atoms with van der Waals surface area (Å²) in [6, 6.07) is 15.8. The zero-order valence-electron chi connectivity index (χ0n) is 19.1. The molecule has 9 heteroatoms. The number of sulfonamides is 1. The molecule has 0 aliphatic carbocycles. The summed E-state index contributed by atoms with van der Waals surface area (Å²) < 4.78 is 27.4. The van der Waals surface area contributed by atoms with Gasteiger partial charge in [-0.15, -0.1) is 0 Å². The molecular weight excluding hydrogens is 468 g/mol. The van der Waals surface area contributed by atoms with Gasteiger partial charge in [0, 0.05) is 24.2 Å². The Morgan fingerprint density at radius 1 is 1.21 bits per heavy atom. The molecule has 1 aromatic heterocycles. The summed E-state index contributed by atoms with van der Waals surface area (Å²) in [4.78, 5) is 17.8. The van der Waals surface area contributed by atoms with Gasteiger partial charge in [-0.3, -0.25) is 4.79 Å². The molecule has 1 aliphatic rings. The van der Waals surface area contributed by atoms with Gasteiger partial charge in [-0.1, -0.05) is 24.8 Å². The van der Waals surface area contributed by atoms with Crippen LogP contribution in [-0.4, -0.2) is 42.0 Å². The molecule has 0 spiro atoms. The number of hydrogen-bond acceptors (Lipinski definition) is 6. The first kappa shape index (κ1) is 24.2. The Hall–Kier alpha value is -2.93. The topological polar surface area (TPSA) is 103 Å². The average Bonchev–Trinajstić information content (AvgIpc) is 3.38. The molecule has 34 heavy (non-hydrogen) atoms. The third-order valence-electron chi connectivity index (χ3n) is 5.85. The minimum absolute atomic E-state index is 0.158. The van der Waals surface area contributed by atoms with E-state index in [4.69, 9.17) is 10.2 Å². The molecule has 1 fully saturated rings. The lowest BCUT2D eigenvalue weighted by Gasteiger charge is -2.17. The second-order valence-corrected chi connectivity index (χ2v) is 11.4. The zero-order chi connectivity index (χ0) is 24.3. The quantitative estimate of drug-likeness (QED) is 0.477. The standard InChI is InChI=1S/C25H26N4O3S2/c1-3-23(25(30)27-19-8-6-7-18(14-19)16-26)33-24-13-17(2)21-15-20(9-10-22(21)28-24)34(31,32)29-11-4-5-12-29/h6-10,13-15,23H,3-5,11-12H2,1-2H3,(H,27,30)/t23-/m0/s1. The summed E-state index contributed by atoms with van der Waals surface area (Å²) in [6.07, 6.45) is 2.38. The van der Waals surface area contributed by atoms with Crippen molar-refractivity contribution in [2.45, 2.75) is 48.3 Å². The van der Waals surface area contributed by atoms with Crippen molar-refractivity contribution in [2.75, 3.05) is 18.4 Å². The number of carbonyl (C=O) groups excluding carboxylic acids is 1. The number of amides is 1. The molecule has 1 atom stereocenters. The van der Waals surface area contributed by atoms with Crippen LogP contribution in [0.15, 0.2) is 58.5 Å². The Kier molecular flexibility index (Phi) is 7.22. The van der Waals surface area contributed by atoms with Gasteiger partial charge in [-0.05, 0) is 74.2 Å². The van der Waals surface area contributed by atoms with E-state index in [1.165, 1.54) is 16.1 Å². The number of hydrogen-bond donors (Lipinski definition) is 1. The van der Waals surface area contributed by atoms with Gasteiger partial charge in [0.25, 0.3) is 0 Å². The van der Waals surface area contributed by atoms with E-state index in [1.54, 1.807) is 42.5 Å². The van der Waals surface area contributed by atoms with Crippen molar-refractivity contribution < 1.29 is 13.2 Å². The van der Waals surface area contributed by atoms with Crippen molar-refractivity contribution in [1.29, 1.82) is 5.26 Å². The third kappa shape index (κ3) is 5.09. The van der Waals surface area contributed by atoms with Crippen LogP contribution in [0.1, 0.15) is 37.3 Å². The van der Waals surface area contributed by atoms with Crippen LogP contribution in [0.25, 0.3) is 10.9 Å². The molecule has 1 N–H and O–H groups in total. The number of nitrogens with one attached hydrogen (secondary N) is 1. The Bertz CT molecular complexity index is 1380. The maximum atomic E-state index is 12.9. The smallest absolute Gasteiger partial charge is 0.243 e. The van der Waals surface area contributed by atoms with Crippen LogP contribution in [0, 0.1) is 18.3 Å². The van der Waals surface area contributed by atoms with Crippen molar-refractivity contribution in [3.8, 4) is 6.07 Å². The van der Waals surface area contributed by atoms with E-state index in [0.717, 1.165) is 23.8 Å². The number of carbonyl (C=O) groups is 1. The number of fused-ring (bicyclic) bond motifs is 1. The number of aryl methyl sites for hydroxylation is 1. The van der Waals surface area contributed by atoms with E-state index in [2.05, 4.69) is 11.4 Å². The highest BCUT2D eigenvalue weighted by atomic mass is 32.2. The monoisotopic (exact) mass is 494 g/mol. The van der Waals surface area contributed by atoms with Crippen LogP contribution >= 0.6 is 11.8 Å². The molecule has 2 heterocycles. The highest BCUT2D eigenvalue weighted by molar-refractivity contribution is 8.00. The van der Waals surface area contributed by atoms with Crippen molar-refractivity contribution in [3.63, 3.8) is 0 Å². The zero-order valence-corrected chi connectivity index (χ0v) is 20.7. The predicted octanol–water partition coefficient (Wildman–Crippen LogP) is 4.71. The Labute approximate surface area is 204 Å². The van der Waals surface area contributed by atoms with Gasteiger partial charge < -0.3 is 5.32 Å². The largest absolute Gasteiger partial charge is 0.325 e. The number of benzene rings is 2. The van der Waals surface area contributed by atoms with E-state index in [9.17, 15) is 13.2 Å². The van der Waals surface area contributed by atoms with Gasteiger partial charge in [0.15, 0.2) is 0 Å². The van der Waals surface area contributed by atoms with Crippen molar-refractivity contribution >= 4 is 44.3 Å². The van der Waals surface area contributed by atoms with Crippen molar-refractivity contribution in [1.82, 2.24) is 9.29 Å². The lowest BCUT2D eigenvalue weighted by Crippen LogP contribution is -2.27. The Morgan fingerprint density at radius 3 is 2.68 bits per heavy atom. The fourth-order valence-corrected chi connectivity index (χ4v) is 6.56. The van der Waals surface area contributed by atoms with E-state index in [1.807, 2.05) is 19.9 Å². The maximum Gasteiger partial charge on any atom is 0.243 e. The fourth-order valence-electron chi connectivity index (χ4n) is 4.00. The number of thioether (sulfide) groups is 1. The molecule has 7 nitrogen and oxygen atoms in total. The van der Waals surface area contributed by atoms with Crippen LogP contribution in [0.4, 0.5) is 5.69 Å². The molecular formula is C25H26N4O3S2. The van der Waals surface area contributed by atoms with Crippen LogP contribution < -0.4 is 5.32 Å². The molecule has 0 bridgehead atoms. The van der Waals surface area contributed by atoms with Crippen LogP contribution in [0.2, 0.25) is 0 Å². The highest BCUT2D eigenvalue weighted by Gasteiger charge is 2.27. The number of nitriles is 1. The minimum atomic E-state index is -3.50. The third-order valence-corrected chi connectivity index (χ3v) is 9.03. The maximum absolute atomic E-state index is 12.9. The summed E-state index contributed by atoms with van der Waals surface area (Å²) >= 11 is 1.37. The van der Waals surface area contributed by atoms with Crippen molar-refractivity contribution in [3.05, 3.63) is 59.7 Å². The lowest BCUT2D eigenvalue weighted by atomic mass is 10.1. The van der Waals surface area contributed by atoms with E-state index >= 15 is 0 Å². The first-order valence-electron chi connectivity index (χ1n) is 11.2. The average molecular weight is 495 g/mol. The first-order valence-corrected chi connectivity index (χ1v) is 13.5. The fraction of sp³-hybridized carbons (Fsp3) is 0.320. The molecule has 3 aromatic rings. The molecule has 176 valence electrons. The first-order chi connectivity index (χ1) is 16.3. The van der Waals surface area contributed by atoms with Gasteiger partial charge in [0.1, 0.15) is 0 Å². The molecule has 0 radical (unpaired) electrons. The van der Waals surface area contributed by atoms with Crippen LogP contribution in [-0.2, 0) is 14.8 Å². The SMILES string of the molecule is CC[C@H](Sc1cc(C)c2cc(S(=O)(=O)N3CCCC3)ccc2n1)C(=O)Nc1cccc(C#N)c1. The molecule has 1 amide bonds. The van der Waals surface area contributed by atoms with Crippen molar-refractivity contribution in [2.24, 2.45) is 0 Å². The summed E-state index contributed by atoms with van der Waals surface area (Å²) in [5, 5.41) is 13.1. The van der Waals surface area contributed by atoms with Gasteiger partial charge >= 0.3 is 0 Å². The van der Waals surface area contributed by atoms with Crippen LogP contribution in [0.3, 0.4) is 0 Å². The molecule has 0 saturated carbocycles. The number of pyridine rings is 1. The Balaban J connectivity index is 1.55. The van der Waals surface area contributed by atoms with E-state index in [-0.39, 0.29) is 16.1 Å². The molecule has 1 saturated heterocycles. The number of nitrogens with zero attached hydrogens (tertiary/aromatic N) is 3. The van der Waals surface area contributed by atoms with Gasteiger partial charge in [0.2, 0.25) is 15.9 Å². The highest BCUT2D eigenvalue weighted by Crippen LogP contribution is 2.31. The van der Waals surface area contributed by atoms with Gasteiger partial charge in [-0.2, -0.15) is 9.57 Å². The normalized spacial score (nSPS) is 15.2. The predicted molar refractivity (Wildman–Crippen MR) is 134 cm³/mol. The minimum Gasteiger partial charge on any atom is -0.325 e. The number of rotatable bonds is 7. The number of anilines is 1. The molecule has 2 aromatic carbocycles.